The first-order valence-electron chi connectivity index (χ1n) is 11.9. The molecule has 4 aromatic rings. The highest BCUT2D eigenvalue weighted by molar-refractivity contribution is 9.10. The average Bonchev–Trinajstić information content (AvgIpc) is 3.30. The Balaban J connectivity index is 1.74. The molecule has 3 N–H and O–H groups in total. The van der Waals surface area contributed by atoms with E-state index in [0.717, 1.165) is 41.3 Å². The van der Waals surface area contributed by atoms with Crippen molar-refractivity contribution in [3.8, 4) is 17.0 Å². The number of ether oxygens (including phenoxy) is 1. The Morgan fingerprint density at radius 1 is 1.14 bits per heavy atom. The second-order valence-electron chi connectivity index (χ2n) is 8.92. The molecule has 0 radical (unpaired) electrons. The number of aryl methyl sites for hydroxylation is 1. The monoisotopic (exact) mass is 654 g/mol. The molecule has 0 aliphatic heterocycles. The van der Waals surface area contributed by atoms with E-state index in [1.165, 1.54) is 6.20 Å². The lowest BCUT2D eigenvalue weighted by molar-refractivity contribution is -0.137. The van der Waals surface area contributed by atoms with Crippen LogP contribution in [-0.4, -0.2) is 38.5 Å². The van der Waals surface area contributed by atoms with Gasteiger partial charge in [0.25, 0.3) is 5.91 Å². The molecule has 220 valence electrons. The van der Waals surface area contributed by atoms with Crippen LogP contribution >= 0.6 is 15.9 Å². The van der Waals surface area contributed by atoms with E-state index in [-0.39, 0.29) is 28.4 Å². The molecule has 4 rings (SSSR count). The van der Waals surface area contributed by atoms with Crippen LogP contribution in [0.25, 0.3) is 11.3 Å². The summed E-state index contributed by atoms with van der Waals surface area (Å²) in [6, 6.07) is 8.83. The number of carboxylic acid groups (broad SMARTS) is 1. The molecule has 0 aliphatic rings. The highest BCUT2D eigenvalue weighted by atomic mass is 79.9. The summed E-state index contributed by atoms with van der Waals surface area (Å²) in [6.07, 6.45) is -5.98. The van der Waals surface area contributed by atoms with Crippen molar-refractivity contribution in [1.82, 2.24) is 14.9 Å². The van der Waals surface area contributed by atoms with Crippen molar-refractivity contribution in [1.29, 1.82) is 0 Å². The summed E-state index contributed by atoms with van der Waals surface area (Å²) >= 11 is 3.15. The molecule has 1 unspecified atom stereocenters. The second-order valence-corrected chi connectivity index (χ2v) is 9.64. The van der Waals surface area contributed by atoms with Crippen LogP contribution in [0.5, 0.6) is 5.75 Å². The Labute approximate surface area is 242 Å². The van der Waals surface area contributed by atoms with Gasteiger partial charge >= 0.3 is 12.3 Å². The number of benzene rings is 2. The van der Waals surface area contributed by atoms with E-state index in [1.807, 2.05) is 0 Å². The lowest BCUT2D eigenvalue weighted by Crippen LogP contribution is -2.35. The van der Waals surface area contributed by atoms with Crippen LogP contribution in [0.3, 0.4) is 0 Å². The third-order valence-electron chi connectivity index (χ3n) is 5.93. The minimum Gasteiger partial charge on any atom is -0.476 e. The molecule has 0 saturated heterocycles. The van der Waals surface area contributed by atoms with Crippen LogP contribution in [-0.2, 0) is 12.7 Å². The summed E-state index contributed by atoms with van der Waals surface area (Å²) in [5, 5.41) is 9.92. The Morgan fingerprint density at radius 2 is 1.83 bits per heavy atom. The van der Waals surface area contributed by atoms with Gasteiger partial charge in [0.05, 0.1) is 12.1 Å². The molecular weight excluding hydrogens is 635 g/mol. The summed E-state index contributed by atoms with van der Waals surface area (Å²) in [5.41, 5.74) is 4.55. The van der Waals surface area contributed by atoms with Crippen molar-refractivity contribution in [2.24, 2.45) is 5.73 Å². The second kappa shape index (κ2) is 12.1. The number of rotatable bonds is 9. The largest absolute Gasteiger partial charge is 0.476 e. The normalized spacial score (nSPS) is 12.2. The van der Waals surface area contributed by atoms with Gasteiger partial charge in [-0.05, 0) is 64.8 Å². The fourth-order valence-corrected chi connectivity index (χ4v) is 4.44. The minimum atomic E-state index is -4.57. The number of carbonyl (C=O) groups is 2. The van der Waals surface area contributed by atoms with Crippen molar-refractivity contribution in [3.63, 3.8) is 0 Å². The highest BCUT2D eigenvalue weighted by Crippen LogP contribution is 2.36. The first-order valence-corrected chi connectivity index (χ1v) is 12.7. The van der Waals surface area contributed by atoms with Gasteiger partial charge in [-0.2, -0.15) is 13.2 Å². The van der Waals surface area contributed by atoms with Crippen LogP contribution in [0.4, 0.5) is 26.7 Å². The predicted octanol–water partition coefficient (Wildman–Crippen LogP) is 6.50. The molecule has 2 amide bonds. The highest BCUT2D eigenvalue weighted by Gasteiger charge is 2.32. The average molecular weight is 655 g/mol. The molecule has 1 atom stereocenters. The summed E-state index contributed by atoms with van der Waals surface area (Å²) < 4.78 is 79.5. The third-order valence-corrected chi connectivity index (χ3v) is 6.46. The molecule has 0 fully saturated rings. The van der Waals surface area contributed by atoms with Gasteiger partial charge in [-0.25, -0.2) is 18.6 Å². The van der Waals surface area contributed by atoms with Gasteiger partial charge < -0.3 is 20.0 Å². The van der Waals surface area contributed by atoms with Gasteiger partial charge in [0, 0.05) is 24.0 Å². The standard InChI is InChI=1S/C27H20BrF5N4O5/c1-13-10-14(8-9-35-13)11-37(26(39)40)12-19(41-18-7-6-17(29)20(21(18)30)24(34)38)25-36-22(23(28)42-25)15-2-4-16(5-3-15)27(31,32)33/h2-10,19H,11-12H2,1H3,(H2,34,38)(H,39,40). The quantitative estimate of drug-likeness (QED) is 0.197. The molecule has 2 aromatic heterocycles. The Morgan fingerprint density at radius 3 is 2.43 bits per heavy atom. The van der Waals surface area contributed by atoms with E-state index in [0.29, 0.717) is 11.3 Å². The fraction of sp³-hybridized carbons (Fsp3) is 0.185. The topological polar surface area (TPSA) is 132 Å². The van der Waals surface area contributed by atoms with Gasteiger partial charge in [0.15, 0.2) is 22.3 Å². The molecule has 0 saturated carbocycles. The maximum atomic E-state index is 15.1. The molecule has 2 aromatic carbocycles. The number of amides is 2. The van der Waals surface area contributed by atoms with Gasteiger partial charge in [0.2, 0.25) is 5.89 Å². The van der Waals surface area contributed by atoms with E-state index in [2.05, 4.69) is 25.9 Å². The molecular formula is C27H20BrF5N4O5. The number of nitrogens with two attached hydrogens (primary N) is 1. The smallest absolute Gasteiger partial charge is 0.416 e. The first-order chi connectivity index (χ1) is 19.7. The van der Waals surface area contributed by atoms with Gasteiger partial charge in [-0.15, -0.1) is 0 Å². The van der Waals surface area contributed by atoms with Gasteiger partial charge in [0.1, 0.15) is 17.1 Å². The van der Waals surface area contributed by atoms with E-state index in [9.17, 15) is 32.3 Å². The Hall–Kier alpha value is -4.53. The van der Waals surface area contributed by atoms with Crippen molar-refractivity contribution in [3.05, 3.63) is 99.3 Å². The number of alkyl halides is 3. The Kier molecular flexibility index (Phi) is 8.80. The summed E-state index contributed by atoms with van der Waals surface area (Å²) in [5.74, 6) is -5.06. The maximum Gasteiger partial charge on any atom is 0.416 e. The van der Waals surface area contributed by atoms with E-state index >= 15 is 4.39 Å². The first kappa shape index (κ1) is 30.4. The van der Waals surface area contributed by atoms with Crippen LogP contribution in [0, 0.1) is 18.6 Å². The number of halogens is 6. The summed E-state index contributed by atoms with van der Waals surface area (Å²) in [6.45, 7) is 1.03. The zero-order valence-corrected chi connectivity index (χ0v) is 23.0. The van der Waals surface area contributed by atoms with Crippen LogP contribution < -0.4 is 10.5 Å². The van der Waals surface area contributed by atoms with Gasteiger partial charge in [-0.1, -0.05) is 12.1 Å². The molecule has 9 nitrogen and oxygen atoms in total. The lowest BCUT2D eigenvalue weighted by Gasteiger charge is -2.25. The molecule has 0 bridgehead atoms. The van der Waals surface area contributed by atoms with Crippen molar-refractivity contribution >= 4 is 27.9 Å². The zero-order valence-electron chi connectivity index (χ0n) is 21.5. The van der Waals surface area contributed by atoms with E-state index in [4.69, 9.17) is 14.9 Å². The van der Waals surface area contributed by atoms with Crippen molar-refractivity contribution < 1.29 is 45.8 Å². The third kappa shape index (κ3) is 6.84. The lowest BCUT2D eigenvalue weighted by atomic mass is 10.1. The van der Waals surface area contributed by atoms with E-state index < -0.39 is 59.3 Å². The minimum absolute atomic E-state index is 0.0383. The van der Waals surface area contributed by atoms with Crippen LogP contribution in [0.15, 0.2) is 63.8 Å². The number of primary amides is 1. The molecule has 2 heterocycles. The fourth-order valence-electron chi connectivity index (χ4n) is 3.95. The molecule has 42 heavy (non-hydrogen) atoms. The van der Waals surface area contributed by atoms with Crippen molar-refractivity contribution in [2.75, 3.05) is 6.54 Å². The number of oxazole rings is 1. The van der Waals surface area contributed by atoms with Crippen LogP contribution in [0.1, 0.15) is 39.2 Å². The molecule has 0 spiro atoms. The Bertz CT molecular complexity index is 1630. The molecule has 0 aliphatic carbocycles. The van der Waals surface area contributed by atoms with Gasteiger partial charge in [-0.3, -0.25) is 14.7 Å². The number of nitrogens with zero attached hydrogens (tertiary/aromatic N) is 3. The number of hydrogen-bond acceptors (Lipinski definition) is 6. The maximum absolute atomic E-state index is 15.1. The number of aromatic nitrogens is 2. The van der Waals surface area contributed by atoms with Crippen LogP contribution in [0.2, 0.25) is 0 Å². The van der Waals surface area contributed by atoms with Crippen molar-refractivity contribution in [2.45, 2.75) is 25.7 Å². The number of carbonyl (C=O) groups excluding carboxylic acids is 1. The van der Waals surface area contributed by atoms with E-state index in [1.54, 1.807) is 19.1 Å². The number of pyridine rings is 1. The zero-order chi connectivity index (χ0) is 30.8. The SMILES string of the molecule is Cc1cc(CN(CC(Oc2ccc(F)c(C(N)=O)c2F)c2nc(-c3ccc(C(F)(F)F)cc3)c(Br)o2)C(=O)O)ccn1. The predicted molar refractivity (Wildman–Crippen MR) is 140 cm³/mol. The molecule has 15 heteroatoms. The summed E-state index contributed by atoms with van der Waals surface area (Å²) in [7, 11) is 0. The summed E-state index contributed by atoms with van der Waals surface area (Å²) in [4.78, 5) is 33.1. The number of hydrogen-bond donors (Lipinski definition) is 2.